The van der Waals surface area contributed by atoms with Gasteiger partial charge in [-0.15, -0.1) is 0 Å². The number of hydrogen-bond donors (Lipinski definition) is 2. The van der Waals surface area contributed by atoms with Crippen molar-refractivity contribution >= 4 is 0 Å². The SMILES string of the molecule is CC(NCCCO)c1ccc(C#N)cc1. The zero-order chi connectivity index (χ0) is 11.1. The molecule has 0 fully saturated rings. The molecule has 0 heterocycles. The maximum atomic E-state index is 8.65. The number of nitrogens with zero attached hydrogens (tertiary/aromatic N) is 1. The van der Waals surface area contributed by atoms with E-state index in [9.17, 15) is 0 Å². The molecular weight excluding hydrogens is 188 g/mol. The van der Waals surface area contributed by atoms with Crippen LogP contribution in [0.2, 0.25) is 0 Å². The molecule has 3 nitrogen and oxygen atoms in total. The van der Waals surface area contributed by atoms with Gasteiger partial charge in [-0.25, -0.2) is 0 Å². The highest BCUT2D eigenvalue weighted by Crippen LogP contribution is 2.12. The number of rotatable bonds is 5. The van der Waals surface area contributed by atoms with Crippen molar-refractivity contribution in [1.29, 1.82) is 5.26 Å². The average molecular weight is 204 g/mol. The summed E-state index contributed by atoms with van der Waals surface area (Å²) in [5.74, 6) is 0. The normalized spacial score (nSPS) is 12.1. The van der Waals surface area contributed by atoms with Gasteiger partial charge in [0.1, 0.15) is 0 Å². The summed E-state index contributed by atoms with van der Waals surface area (Å²) in [4.78, 5) is 0. The molecule has 0 saturated carbocycles. The Morgan fingerprint density at radius 2 is 2.07 bits per heavy atom. The summed E-state index contributed by atoms with van der Waals surface area (Å²) in [5, 5.41) is 20.6. The molecule has 0 spiro atoms. The van der Waals surface area contributed by atoms with E-state index in [0.717, 1.165) is 18.5 Å². The van der Waals surface area contributed by atoms with Gasteiger partial charge >= 0.3 is 0 Å². The minimum absolute atomic E-state index is 0.215. The van der Waals surface area contributed by atoms with Gasteiger partial charge in [-0.1, -0.05) is 12.1 Å². The smallest absolute Gasteiger partial charge is 0.0991 e. The number of nitriles is 1. The molecule has 0 radical (unpaired) electrons. The molecule has 1 aromatic rings. The monoisotopic (exact) mass is 204 g/mol. The number of aliphatic hydroxyl groups excluding tert-OH is 1. The lowest BCUT2D eigenvalue weighted by atomic mass is 10.1. The molecule has 1 atom stereocenters. The fourth-order valence-corrected chi connectivity index (χ4v) is 1.36. The van der Waals surface area contributed by atoms with Crippen molar-refractivity contribution in [3.63, 3.8) is 0 Å². The van der Waals surface area contributed by atoms with E-state index < -0.39 is 0 Å². The summed E-state index contributed by atoms with van der Waals surface area (Å²) in [6.45, 7) is 3.09. The predicted molar refractivity (Wildman–Crippen MR) is 59.3 cm³/mol. The van der Waals surface area contributed by atoms with Crippen LogP contribution in [-0.2, 0) is 0 Å². The van der Waals surface area contributed by atoms with Crippen molar-refractivity contribution in [1.82, 2.24) is 5.32 Å². The molecule has 0 aliphatic carbocycles. The van der Waals surface area contributed by atoms with E-state index in [-0.39, 0.29) is 12.6 Å². The second kappa shape index (κ2) is 6.18. The molecule has 3 heteroatoms. The summed E-state index contributed by atoms with van der Waals surface area (Å²) < 4.78 is 0. The minimum Gasteiger partial charge on any atom is -0.396 e. The summed E-state index contributed by atoms with van der Waals surface area (Å²) in [5.41, 5.74) is 1.84. The van der Waals surface area contributed by atoms with Gasteiger partial charge in [0, 0.05) is 12.6 Å². The predicted octanol–water partition coefficient (Wildman–Crippen LogP) is 1.59. The molecule has 1 aromatic carbocycles. The van der Waals surface area contributed by atoms with E-state index in [1.54, 1.807) is 0 Å². The van der Waals surface area contributed by atoms with Crippen molar-refractivity contribution in [2.75, 3.05) is 13.2 Å². The molecule has 1 rings (SSSR count). The minimum atomic E-state index is 0.215. The molecule has 2 N–H and O–H groups in total. The highest BCUT2D eigenvalue weighted by Gasteiger charge is 2.03. The van der Waals surface area contributed by atoms with Crippen LogP contribution in [0.15, 0.2) is 24.3 Å². The Morgan fingerprint density at radius 1 is 1.40 bits per heavy atom. The number of nitrogens with one attached hydrogen (secondary N) is 1. The first kappa shape index (κ1) is 11.7. The van der Waals surface area contributed by atoms with E-state index in [1.807, 2.05) is 24.3 Å². The van der Waals surface area contributed by atoms with Gasteiger partial charge in [0.15, 0.2) is 0 Å². The van der Waals surface area contributed by atoms with Crippen molar-refractivity contribution in [2.45, 2.75) is 19.4 Å². The first-order valence-corrected chi connectivity index (χ1v) is 5.12. The fraction of sp³-hybridized carbons (Fsp3) is 0.417. The van der Waals surface area contributed by atoms with Gasteiger partial charge in [-0.2, -0.15) is 5.26 Å². The highest BCUT2D eigenvalue weighted by molar-refractivity contribution is 5.32. The summed E-state index contributed by atoms with van der Waals surface area (Å²) in [7, 11) is 0. The Kier molecular flexibility index (Phi) is 4.82. The highest BCUT2D eigenvalue weighted by atomic mass is 16.3. The van der Waals surface area contributed by atoms with E-state index in [2.05, 4.69) is 18.3 Å². The molecule has 0 saturated heterocycles. The Morgan fingerprint density at radius 3 is 2.60 bits per heavy atom. The lowest BCUT2D eigenvalue weighted by molar-refractivity contribution is 0.284. The van der Waals surface area contributed by atoms with Crippen LogP contribution >= 0.6 is 0 Å². The molecule has 0 aliphatic rings. The van der Waals surface area contributed by atoms with Gasteiger partial charge in [-0.3, -0.25) is 0 Å². The van der Waals surface area contributed by atoms with Crippen LogP contribution < -0.4 is 5.32 Å². The van der Waals surface area contributed by atoms with Crippen LogP contribution in [0.1, 0.15) is 30.5 Å². The molecular formula is C12H16N2O. The first-order valence-electron chi connectivity index (χ1n) is 5.12. The molecule has 0 aliphatic heterocycles. The fourth-order valence-electron chi connectivity index (χ4n) is 1.36. The lowest BCUT2D eigenvalue weighted by Gasteiger charge is -2.13. The lowest BCUT2D eigenvalue weighted by Crippen LogP contribution is -2.20. The Labute approximate surface area is 90.4 Å². The van der Waals surface area contributed by atoms with Crippen LogP contribution in [0, 0.1) is 11.3 Å². The zero-order valence-corrected chi connectivity index (χ0v) is 8.90. The second-order valence-electron chi connectivity index (χ2n) is 3.49. The third-order valence-corrected chi connectivity index (χ3v) is 2.33. The first-order chi connectivity index (χ1) is 7.27. The zero-order valence-electron chi connectivity index (χ0n) is 8.90. The summed E-state index contributed by atoms with van der Waals surface area (Å²) in [6.07, 6.45) is 0.765. The van der Waals surface area contributed by atoms with Crippen molar-refractivity contribution in [3.05, 3.63) is 35.4 Å². The van der Waals surface area contributed by atoms with Crippen LogP contribution in [-0.4, -0.2) is 18.3 Å². The van der Waals surface area contributed by atoms with Crippen LogP contribution in [0.4, 0.5) is 0 Å². The second-order valence-corrected chi connectivity index (χ2v) is 3.49. The third-order valence-electron chi connectivity index (χ3n) is 2.33. The Bertz CT molecular complexity index is 326. The topological polar surface area (TPSA) is 56.0 Å². The average Bonchev–Trinajstić information content (AvgIpc) is 2.29. The summed E-state index contributed by atoms with van der Waals surface area (Å²) >= 11 is 0. The Balaban J connectivity index is 2.51. The van der Waals surface area contributed by atoms with E-state index >= 15 is 0 Å². The third kappa shape index (κ3) is 3.70. The largest absolute Gasteiger partial charge is 0.396 e. The van der Waals surface area contributed by atoms with E-state index in [4.69, 9.17) is 10.4 Å². The number of benzene rings is 1. The molecule has 0 amide bonds. The van der Waals surface area contributed by atoms with Gasteiger partial charge < -0.3 is 10.4 Å². The van der Waals surface area contributed by atoms with Gasteiger partial charge in [0.25, 0.3) is 0 Å². The molecule has 80 valence electrons. The molecule has 1 unspecified atom stereocenters. The van der Waals surface area contributed by atoms with Crippen molar-refractivity contribution in [2.24, 2.45) is 0 Å². The Hall–Kier alpha value is -1.37. The van der Waals surface area contributed by atoms with Crippen molar-refractivity contribution in [3.8, 4) is 6.07 Å². The van der Waals surface area contributed by atoms with E-state index in [1.165, 1.54) is 0 Å². The van der Waals surface area contributed by atoms with Crippen LogP contribution in [0.5, 0.6) is 0 Å². The van der Waals surface area contributed by atoms with Gasteiger partial charge in [-0.05, 0) is 37.6 Å². The molecule has 0 bridgehead atoms. The quantitative estimate of drug-likeness (QED) is 0.716. The molecule has 15 heavy (non-hydrogen) atoms. The van der Waals surface area contributed by atoms with E-state index in [0.29, 0.717) is 5.56 Å². The maximum absolute atomic E-state index is 8.65. The van der Waals surface area contributed by atoms with Crippen molar-refractivity contribution < 1.29 is 5.11 Å². The number of aliphatic hydroxyl groups is 1. The van der Waals surface area contributed by atoms with Gasteiger partial charge in [0.2, 0.25) is 0 Å². The molecule has 0 aromatic heterocycles. The van der Waals surface area contributed by atoms with Crippen LogP contribution in [0.25, 0.3) is 0 Å². The van der Waals surface area contributed by atoms with Gasteiger partial charge in [0.05, 0.1) is 11.6 Å². The van der Waals surface area contributed by atoms with Crippen LogP contribution in [0.3, 0.4) is 0 Å². The summed E-state index contributed by atoms with van der Waals surface area (Å²) in [6, 6.07) is 9.89. The standard InChI is InChI=1S/C12H16N2O/c1-10(14-7-2-8-15)12-5-3-11(9-13)4-6-12/h3-6,10,14-15H,2,7-8H2,1H3. The maximum Gasteiger partial charge on any atom is 0.0991 e. The number of hydrogen-bond acceptors (Lipinski definition) is 3.